The third-order valence-electron chi connectivity index (χ3n) is 3.24. The molecule has 0 aliphatic carbocycles. The molecule has 0 aromatic heterocycles. The molecule has 2 atom stereocenters. The lowest BCUT2D eigenvalue weighted by molar-refractivity contribution is -0.142. The molecule has 2 rings (SSSR count). The number of fused-ring (bicyclic) bond motifs is 1. The fraction of sp³-hybridized carbons (Fsp3) is 0.700. The van der Waals surface area contributed by atoms with Crippen LogP contribution in [0.15, 0.2) is 0 Å². The second kappa shape index (κ2) is 3.86. The number of carboxylic acids is 1. The summed E-state index contributed by atoms with van der Waals surface area (Å²) in [4.78, 5) is 37.0. The van der Waals surface area contributed by atoms with E-state index in [9.17, 15) is 14.4 Å². The van der Waals surface area contributed by atoms with Crippen molar-refractivity contribution in [3.8, 4) is 0 Å². The van der Waals surface area contributed by atoms with Gasteiger partial charge in [0.25, 0.3) is 0 Å². The van der Waals surface area contributed by atoms with Crippen LogP contribution in [0.3, 0.4) is 0 Å². The van der Waals surface area contributed by atoms with Crippen molar-refractivity contribution in [2.24, 2.45) is 11.8 Å². The molecule has 88 valence electrons. The standard InChI is InChI=1S/C10H14N2O4/c1-2-12-9(15)6-3-11(5-8(13)14)4-7(6)10(12)16/h6-7H,2-5H2,1H3,(H,13,14). The fourth-order valence-corrected chi connectivity index (χ4v) is 2.53. The summed E-state index contributed by atoms with van der Waals surface area (Å²) in [5.74, 6) is -1.87. The highest BCUT2D eigenvalue weighted by Gasteiger charge is 2.51. The first-order valence-corrected chi connectivity index (χ1v) is 5.34. The van der Waals surface area contributed by atoms with Gasteiger partial charge in [-0.1, -0.05) is 0 Å². The topological polar surface area (TPSA) is 77.9 Å². The fourth-order valence-electron chi connectivity index (χ4n) is 2.53. The number of aliphatic carboxylic acids is 1. The predicted octanol–water partition coefficient (Wildman–Crippen LogP) is -0.992. The molecule has 6 nitrogen and oxygen atoms in total. The lowest BCUT2D eigenvalue weighted by Crippen LogP contribution is -2.37. The van der Waals surface area contributed by atoms with Crippen LogP contribution < -0.4 is 0 Å². The quantitative estimate of drug-likeness (QED) is 0.625. The largest absolute Gasteiger partial charge is 0.480 e. The molecule has 1 N–H and O–H groups in total. The molecular formula is C10H14N2O4. The lowest BCUT2D eigenvalue weighted by Gasteiger charge is -2.17. The maximum absolute atomic E-state index is 11.8. The Labute approximate surface area is 92.8 Å². The van der Waals surface area contributed by atoms with Crippen LogP contribution >= 0.6 is 0 Å². The Hall–Kier alpha value is -1.43. The molecule has 0 spiro atoms. The number of nitrogens with zero attached hydrogens (tertiary/aromatic N) is 2. The SMILES string of the molecule is CCN1C(=O)C2CN(CC(=O)O)CC2C1=O. The van der Waals surface area contributed by atoms with Gasteiger partial charge in [0.2, 0.25) is 11.8 Å². The molecule has 2 saturated heterocycles. The summed E-state index contributed by atoms with van der Waals surface area (Å²) in [7, 11) is 0. The number of carboxylic acid groups (broad SMARTS) is 1. The van der Waals surface area contributed by atoms with E-state index in [-0.39, 0.29) is 30.2 Å². The van der Waals surface area contributed by atoms with Gasteiger partial charge >= 0.3 is 5.97 Å². The van der Waals surface area contributed by atoms with Crippen LogP contribution in [-0.2, 0) is 14.4 Å². The highest BCUT2D eigenvalue weighted by molar-refractivity contribution is 6.05. The van der Waals surface area contributed by atoms with E-state index in [1.165, 1.54) is 4.90 Å². The summed E-state index contributed by atoms with van der Waals surface area (Å²) in [5, 5.41) is 8.65. The molecule has 16 heavy (non-hydrogen) atoms. The van der Waals surface area contributed by atoms with E-state index < -0.39 is 5.97 Å². The monoisotopic (exact) mass is 226 g/mol. The zero-order valence-electron chi connectivity index (χ0n) is 9.05. The second-order valence-electron chi connectivity index (χ2n) is 4.22. The summed E-state index contributed by atoms with van der Waals surface area (Å²) in [5.41, 5.74) is 0. The molecule has 0 bridgehead atoms. The van der Waals surface area contributed by atoms with Gasteiger partial charge in [-0.2, -0.15) is 0 Å². The normalized spacial score (nSPS) is 29.9. The van der Waals surface area contributed by atoms with E-state index in [0.29, 0.717) is 19.6 Å². The predicted molar refractivity (Wildman–Crippen MR) is 53.4 cm³/mol. The zero-order chi connectivity index (χ0) is 11.9. The molecule has 0 saturated carbocycles. The molecule has 6 heteroatoms. The first-order valence-electron chi connectivity index (χ1n) is 5.34. The minimum atomic E-state index is -0.924. The van der Waals surface area contributed by atoms with Crippen LogP contribution in [0, 0.1) is 11.8 Å². The number of amides is 2. The van der Waals surface area contributed by atoms with Crippen molar-refractivity contribution in [3.63, 3.8) is 0 Å². The van der Waals surface area contributed by atoms with E-state index in [2.05, 4.69) is 0 Å². The van der Waals surface area contributed by atoms with E-state index >= 15 is 0 Å². The van der Waals surface area contributed by atoms with Gasteiger partial charge in [0.05, 0.1) is 18.4 Å². The highest BCUT2D eigenvalue weighted by Crippen LogP contribution is 2.32. The minimum Gasteiger partial charge on any atom is -0.480 e. The van der Waals surface area contributed by atoms with Crippen molar-refractivity contribution in [1.29, 1.82) is 0 Å². The van der Waals surface area contributed by atoms with Crippen molar-refractivity contribution in [2.75, 3.05) is 26.2 Å². The van der Waals surface area contributed by atoms with Gasteiger partial charge < -0.3 is 5.11 Å². The molecule has 2 amide bonds. The van der Waals surface area contributed by atoms with Gasteiger partial charge in [0.1, 0.15) is 0 Å². The molecule has 2 heterocycles. The Morgan fingerprint density at radius 2 is 1.81 bits per heavy atom. The maximum Gasteiger partial charge on any atom is 0.317 e. The first kappa shape index (κ1) is 11.1. The molecular weight excluding hydrogens is 212 g/mol. The molecule has 0 radical (unpaired) electrons. The number of carbonyl (C=O) groups excluding carboxylic acids is 2. The molecule has 0 aromatic carbocycles. The Kier molecular flexibility index (Phi) is 2.67. The second-order valence-corrected chi connectivity index (χ2v) is 4.22. The van der Waals surface area contributed by atoms with Gasteiger partial charge in [-0.3, -0.25) is 24.2 Å². The van der Waals surface area contributed by atoms with Gasteiger partial charge in [0, 0.05) is 19.6 Å². The van der Waals surface area contributed by atoms with E-state index in [0.717, 1.165) is 0 Å². The van der Waals surface area contributed by atoms with Gasteiger partial charge in [-0.05, 0) is 6.92 Å². The van der Waals surface area contributed by atoms with Gasteiger partial charge in [-0.25, -0.2) is 0 Å². The van der Waals surface area contributed by atoms with Crippen LogP contribution in [0.2, 0.25) is 0 Å². The van der Waals surface area contributed by atoms with E-state index in [1.807, 2.05) is 0 Å². The van der Waals surface area contributed by atoms with Gasteiger partial charge in [-0.15, -0.1) is 0 Å². The number of likely N-dealkylation sites (tertiary alicyclic amines) is 2. The Morgan fingerprint density at radius 1 is 1.31 bits per heavy atom. The highest BCUT2D eigenvalue weighted by atomic mass is 16.4. The van der Waals surface area contributed by atoms with Crippen LogP contribution in [0.25, 0.3) is 0 Å². The summed E-state index contributed by atoms with van der Waals surface area (Å²) >= 11 is 0. The van der Waals surface area contributed by atoms with Crippen LogP contribution in [0.5, 0.6) is 0 Å². The molecule has 0 aromatic rings. The van der Waals surface area contributed by atoms with E-state index in [1.54, 1.807) is 11.8 Å². The van der Waals surface area contributed by atoms with Crippen LogP contribution in [0.1, 0.15) is 6.92 Å². The summed E-state index contributed by atoms with van der Waals surface area (Å²) in [6.07, 6.45) is 0. The maximum atomic E-state index is 11.8. The third-order valence-corrected chi connectivity index (χ3v) is 3.24. The number of rotatable bonds is 3. The first-order chi connectivity index (χ1) is 7.54. The van der Waals surface area contributed by atoms with Crippen LogP contribution in [0.4, 0.5) is 0 Å². The lowest BCUT2D eigenvalue weighted by atomic mass is 10.00. The number of carbonyl (C=O) groups is 3. The number of imide groups is 1. The Balaban J connectivity index is 2.08. The van der Waals surface area contributed by atoms with Crippen molar-refractivity contribution in [2.45, 2.75) is 6.92 Å². The minimum absolute atomic E-state index is 0.0975. The van der Waals surface area contributed by atoms with Crippen molar-refractivity contribution in [3.05, 3.63) is 0 Å². The van der Waals surface area contributed by atoms with Crippen molar-refractivity contribution in [1.82, 2.24) is 9.80 Å². The summed E-state index contributed by atoms with van der Waals surface area (Å²) in [6, 6.07) is 0. The summed E-state index contributed by atoms with van der Waals surface area (Å²) < 4.78 is 0. The number of hydrogen-bond acceptors (Lipinski definition) is 4. The number of hydrogen-bond donors (Lipinski definition) is 1. The Bertz CT molecular complexity index is 331. The van der Waals surface area contributed by atoms with Crippen molar-refractivity contribution < 1.29 is 19.5 Å². The molecule has 2 fully saturated rings. The van der Waals surface area contributed by atoms with Gasteiger partial charge in [0.15, 0.2) is 0 Å². The summed E-state index contributed by atoms with van der Waals surface area (Å²) in [6.45, 7) is 2.85. The average molecular weight is 226 g/mol. The van der Waals surface area contributed by atoms with E-state index in [4.69, 9.17) is 5.11 Å². The molecule has 2 aliphatic rings. The van der Waals surface area contributed by atoms with Crippen molar-refractivity contribution >= 4 is 17.8 Å². The third kappa shape index (κ3) is 1.59. The molecule has 2 unspecified atom stereocenters. The van der Waals surface area contributed by atoms with Crippen LogP contribution in [-0.4, -0.2) is 58.9 Å². The Morgan fingerprint density at radius 3 is 2.19 bits per heavy atom. The zero-order valence-corrected chi connectivity index (χ0v) is 9.05. The molecule has 2 aliphatic heterocycles. The average Bonchev–Trinajstić information content (AvgIpc) is 2.68. The smallest absolute Gasteiger partial charge is 0.317 e.